The van der Waals surface area contributed by atoms with Gasteiger partial charge in [-0.15, -0.1) is 0 Å². The lowest BCUT2D eigenvalue weighted by Crippen LogP contribution is -2.05. The van der Waals surface area contributed by atoms with Crippen LogP contribution < -0.4 is 5.73 Å². The summed E-state index contributed by atoms with van der Waals surface area (Å²) in [5, 5.41) is 0. The van der Waals surface area contributed by atoms with Crippen LogP contribution in [0.3, 0.4) is 0 Å². The molecule has 0 heterocycles. The van der Waals surface area contributed by atoms with Gasteiger partial charge in [-0.05, 0) is 30.9 Å². The molecule has 0 saturated carbocycles. The molecule has 1 unspecified atom stereocenters. The van der Waals surface area contributed by atoms with Crippen LogP contribution in [0, 0.1) is 5.82 Å². The third-order valence-electron chi connectivity index (χ3n) is 2.89. The first-order valence-electron chi connectivity index (χ1n) is 5.74. The Morgan fingerprint density at radius 1 is 1.33 bits per heavy atom. The lowest BCUT2D eigenvalue weighted by Gasteiger charge is -2.17. The van der Waals surface area contributed by atoms with Crippen molar-refractivity contribution in [3.8, 4) is 0 Å². The van der Waals surface area contributed by atoms with Crippen molar-refractivity contribution in [2.75, 3.05) is 5.73 Å². The van der Waals surface area contributed by atoms with Gasteiger partial charge in [0.05, 0.1) is 0 Å². The average Bonchev–Trinajstić information content (AvgIpc) is 2.22. The molecule has 0 bridgehead atoms. The van der Waals surface area contributed by atoms with Gasteiger partial charge in [-0.25, -0.2) is 4.39 Å². The van der Waals surface area contributed by atoms with Gasteiger partial charge >= 0.3 is 0 Å². The topological polar surface area (TPSA) is 26.0 Å². The van der Waals surface area contributed by atoms with E-state index in [1.54, 1.807) is 12.1 Å². The summed E-state index contributed by atoms with van der Waals surface area (Å²) in [6.45, 7) is 4.24. The maximum absolute atomic E-state index is 13.6. The minimum Gasteiger partial charge on any atom is -0.398 e. The molecule has 0 aromatic heterocycles. The molecule has 2 heteroatoms. The Morgan fingerprint density at radius 3 is 2.60 bits per heavy atom. The molecule has 0 aliphatic carbocycles. The maximum Gasteiger partial charge on any atom is 0.128 e. The first kappa shape index (κ1) is 12.0. The zero-order chi connectivity index (χ0) is 11.3. The van der Waals surface area contributed by atoms with Crippen LogP contribution >= 0.6 is 0 Å². The second-order valence-corrected chi connectivity index (χ2v) is 3.99. The van der Waals surface area contributed by atoms with Crippen molar-refractivity contribution in [3.63, 3.8) is 0 Å². The fourth-order valence-corrected chi connectivity index (χ4v) is 1.99. The Hall–Kier alpha value is -1.05. The van der Waals surface area contributed by atoms with Gasteiger partial charge in [0.1, 0.15) is 5.82 Å². The fourth-order valence-electron chi connectivity index (χ4n) is 1.99. The molecule has 1 rings (SSSR count). The van der Waals surface area contributed by atoms with Gasteiger partial charge < -0.3 is 5.73 Å². The van der Waals surface area contributed by atoms with E-state index in [1.165, 1.54) is 6.07 Å². The van der Waals surface area contributed by atoms with Gasteiger partial charge in [-0.2, -0.15) is 0 Å². The molecule has 0 fully saturated rings. The molecule has 1 nitrogen and oxygen atoms in total. The Balaban J connectivity index is 2.90. The van der Waals surface area contributed by atoms with Crippen LogP contribution in [-0.4, -0.2) is 0 Å². The molecule has 15 heavy (non-hydrogen) atoms. The number of nitrogen functional groups attached to an aromatic ring is 1. The molecular formula is C13H20FN. The summed E-state index contributed by atoms with van der Waals surface area (Å²) in [5.41, 5.74) is 7.14. The van der Waals surface area contributed by atoms with Crippen molar-refractivity contribution in [2.45, 2.75) is 45.4 Å². The van der Waals surface area contributed by atoms with Crippen molar-refractivity contribution in [3.05, 3.63) is 29.6 Å². The molecule has 2 N–H and O–H groups in total. The van der Waals surface area contributed by atoms with Crippen LogP contribution in [-0.2, 0) is 0 Å². The number of unbranched alkanes of at least 4 members (excludes halogenated alkanes) is 1. The Labute approximate surface area is 91.5 Å². The molecular weight excluding hydrogens is 189 g/mol. The number of benzene rings is 1. The van der Waals surface area contributed by atoms with Gasteiger partial charge in [0.25, 0.3) is 0 Å². The summed E-state index contributed by atoms with van der Waals surface area (Å²) < 4.78 is 13.6. The zero-order valence-corrected chi connectivity index (χ0v) is 9.59. The molecule has 0 saturated heterocycles. The first-order valence-corrected chi connectivity index (χ1v) is 5.74. The lowest BCUT2D eigenvalue weighted by atomic mass is 9.90. The smallest absolute Gasteiger partial charge is 0.128 e. The number of halogens is 1. The highest BCUT2D eigenvalue weighted by Crippen LogP contribution is 2.31. The van der Waals surface area contributed by atoms with Crippen molar-refractivity contribution in [2.24, 2.45) is 0 Å². The molecule has 1 atom stereocenters. The zero-order valence-electron chi connectivity index (χ0n) is 9.59. The van der Waals surface area contributed by atoms with Crippen molar-refractivity contribution < 1.29 is 4.39 Å². The maximum atomic E-state index is 13.6. The molecule has 0 aliphatic heterocycles. The molecule has 0 amide bonds. The van der Waals surface area contributed by atoms with Gasteiger partial charge in [-0.3, -0.25) is 0 Å². The van der Waals surface area contributed by atoms with E-state index in [9.17, 15) is 4.39 Å². The Kier molecular flexibility index (Phi) is 4.60. The Morgan fingerprint density at radius 2 is 2.07 bits per heavy atom. The van der Waals surface area contributed by atoms with E-state index >= 15 is 0 Å². The van der Waals surface area contributed by atoms with Crippen LogP contribution in [0.15, 0.2) is 18.2 Å². The average molecular weight is 209 g/mol. The van der Waals surface area contributed by atoms with Gasteiger partial charge in [0.15, 0.2) is 0 Å². The van der Waals surface area contributed by atoms with Crippen LogP contribution in [0.1, 0.15) is 51.0 Å². The summed E-state index contributed by atoms with van der Waals surface area (Å²) >= 11 is 0. The van der Waals surface area contributed by atoms with E-state index in [1.807, 2.05) is 0 Å². The van der Waals surface area contributed by atoms with E-state index in [2.05, 4.69) is 13.8 Å². The summed E-state index contributed by atoms with van der Waals surface area (Å²) in [5.74, 6) is 0.115. The quantitative estimate of drug-likeness (QED) is 0.726. The highest BCUT2D eigenvalue weighted by Gasteiger charge is 2.16. The van der Waals surface area contributed by atoms with Gasteiger partial charge in [0.2, 0.25) is 0 Å². The van der Waals surface area contributed by atoms with E-state index < -0.39 is 0 Å². The predicted molar refractivity (Wildman–Crippen MR) is 63.4 cm³/mol. The fraction of sp³-hybridized carbons (Fsp3) is 0.538. The molecule has 0 radical (unpaired) electrons. The summed E-state index contributed by atoms with van der Waals surface area (Å²) in [6, 6.07) is 4.95. The summed E-state index contributed by atoms with van der Waals surface area (Å²) in [7, 11) is 0. The lowest BCUT2D eigenvalue weighted by molar-refractivity contribution is 0.528. The monoisotopic (exact) mass is 209 g/mol. The third-order valence-corrected chi connectivity index (χ3v) is 2.89. The molecule has 1 aromatic rings. The molecule has 1 aromatic carbocycles. The Bertz CT molecular complexity index is 289. The van der Waals surface area contributed by atoms with E-state index in [0.717, 1.165) is 25.7 Å². The predicted octanol–water partition coefficient (Wildman–Crippen LogP) is 4.09. The minimum atomic E-state index is -0.155. The molecule has 0 aliphatic rings. The summed E-state index contributed by atoms with van der Waals surface area (Å²) in [4.78, 5) is 0. The number of nitrogens with two attached hydrogens (primary N) is 1. The summed E-state index contributed by atoms with van der Waals surface area (Å²) in [6.07, 6.45) is 4.25. The van der Waals surface area contributed by atoms with E-state index in [-0.39, 0.29) is 11.7 Å². The van der Waals surface area contributed by atoms with Crippen molar-refractivity contribution >= 4 is 5.69 Å². The molecule has 84 valence electrons. The second-order valence-electron chi connectivity index (χ2n) is 3.99. The third kappa shape index (κ3) is 2.95. The van der Waals surface area contributed by atoms with Crippen LogP contribution in [0.5, 0.6) is 0 Å². The minimum absolute atomic E-state index is 0.155. The van der Waals surface area contributed by atoms with Crippen LogP contribution in [0.25, 0.3) is 0 Å². The van der Waals surface area contributed by atoms with Crippen molar-refractivity contribution in [1.29, 1.82) is 0 Å². The SMILES string of the molecule is CCCCC(CC)c1c(N)cccc1F. The van der Waals surface area contributed by atoms with Crippen LogP contribution in [0.4, 0.5) is 10.1 Å². The highest BCUT2D eigenvalue weighted by molar-refractivity contribution is 5.49. The highest BCUT2D eigenvalue weighted by atomic mass is 19.1. The van der Waals surface area contributed by atoms with Gasteiger partial charge in [0, 0.05) is 11.3 Å². The van der Waals surface area contributed by atoms with Crippen molar-refractivity contribution in [1.82, 2.24) is 0 Å². The largest absolute Gasteiger partial charge is 0.398 e. The first-order chi connectivity index (χ1) is 7.20. The standard InChI is InChI=1S/C13H20FN/c1-3-5-7-10(4-2)13-11(14)8-6-9-12(13)15/h6,8-10H,3-5,7,15H2,1-2H3. The number of anilines is 1. The molecule has 0 spiro atoms. The normalized spacial score (nSPS) is 12.7. The number of rotatable bonds is 5. The number of hydrogen-bond donors (Lipinski definition) is 1. The number of hydrogen-bond acceptors (Lipinski definition) is 1. The van der Waals surface area contributed by atoms with Gasteiger partial charge in [-0.1, -0.05) is 32.8 Å². The van der Waals surface area contributed by atoms with E-state index in [0.29, 0.717) is 11.3 Å². The van der Waals surface area contributed by atoms with E-state index in [4.69, 9.17) is 5.73 Å². The second kappa shape index (κ2) is 5.74. The van der Waals surface area contributed by atoms with Crippen LogP contribution in [0.2, 0.25) is 0 Å².